The quantitative estimate of drug-likeness (QED) is 0.855. The molecular formula is C20H31NO3. The van der Waals surface area contributed by atoms with Crippen LogP contribution in [0.5, 0.6) is 5.75 Å². The summed E-state index contributed by atoms with van der Waals surface area (Å²) in [5.41, 5.74) is 2.16. The second-order valence-corrected chi connectivity index (χ2v) is 7.46. The Kier molecular flexibility index (Phi) is 5.92. The smallest absolute Gasteiger partial charge is 0.256 e. The maximum absolute atomic E-state index is 12.9. The minimum atomic E-state index is -0.702. The van der Waals surface area contributed by atoms with E-state index in [1.165, 1.54) is 0 Å². The maximum Gasteiger partial charge on any atom is 0.256 e. The number of rotatable bonds is 5. The van der Waals surface area contributed by atoms with E-state index >= 15 is 0 Å². The van der Waals surface area contributed by atoms with Gasteiger partial charge in [0.05, 0.1) is 6.10 Å². The van der Waals surface area contributed by atoms with Crippen molar-refractivity contribution in [3.05, 3.63) is 23.3 Å². The fourth-order valence-corrected chi connectivity index (χ4v) is 3.68. The van der Waals surface area contributed by atoms with Crippen LogP contribution in [0.1, 0.15) is 57.6 Å². The first-order chi connectivity index (χ1) is 11.3. The minimum absolute atomic E-state index is 0.0344. The normalized spacial score (nSPS) is 24.0. The molecule has 0 saturated heterocycles. The van der Waals surface area contributed by atoms with Gasteiger partial charge in [0.1, 0.15) is 11.4 Å². The van der Waals surface area contributed by atoms with Crippen LogP contribution in [0.2, 0.25) is 0 Å². The SMILES string of the molecule is CO[C@]1(C(=O)Nc2cc(C)c(OC(C)C)c(C)c2)CCC[C@@H](C)C1. The number of carbonyl (C=O) groups excluding carboxylic acids is 1. The Morgan fingerprint density at radius 2 is 1.92 bits per heavy atom. The van der Waals surface area contributed by atoms with E-state index in [0.29, 0.717) is 5.92 Å². The molecule has 1 aliphatic rings. The Hall–Kier alpha value is -1.55. The molecule has 1 aromatic rings. The van der Waals surface area contributed by atoms with Gasteiger partial charge in [0.15, 0.2) is 0 Å². The molecule has 24 heavy (non-hydrogen) atoms. The van der Waals surface area contributed by atoms with Gasteiger partial charge in [-0.25, -0.2) is 0 Å². The second kappa shape index (κ2) is 7.56. The molecule has 0 spiro atoms. The molecule has 0 aliphatic heterocycles. The predicted octanol–water partition coefficient (Wildman–Crippen LogP) is 4.62. The van der Waals surface area contributed by atoms with Crippen molar-refractivity contribution in [1.29, 1.82) is 0 Å². The number of amides is 1. The van der Waals surface area contributed by atoms with Gasteiger partial charge in [-0.2, -0.15) is 0 Å². The van der Waals surface area contributed by atoms with Gasteiger partial charge >= 0.3 is 0 Å². The molecule has 1 N–H and O–H groups in total. The Morgan fingerprint density at radius 1 is 1.29 bits per heavy atom. The molecule has 4 heteroatoms. The zero-order valence-electron chi connectivity index (χ0n) is 15.9. The number of ether oxygens (including phenoxy) is 2. The number of benzene rings is 1. The van der Waals surface area contributed by atoms with Crippen molar-refractivity contribution in [3.63, 3.8) is 0 Å². The standard InChI is InChI=1S/C20H31NO3/c1-13(2)24-18-15(4)10-17(11-16(18)5)21-19(22)20(23-6)9-7-8-14(3)12-20/h10-11,13-14H,7-9,12H2,1-6H3,(H,21,22)/t14-,20-/m1/s1. The third kappa shape index (κ3) is 4.10. The van der Waals surface area contributed by atoms with Gasteiger partial charge in [0.25, 0.3) is 5.91 Å². The van der Waals surface area contributed by atoms with E-state index in [9.17, 15) is 4.79 Å². The number of carbonyl (C=O) groups is 1. The van der Waals surface area contributed by atoms with Crippen LogP contribution in [0.25, 0.3) is 0 Å². The summed E-state index contributed by atoms with van der Waals surface area (Å²) >= 11 is 0. The predicted molar refractivity (Wildman–Crippen MR) is 97.7 cm³/mol. The number of anilines is 1. The number of hydrogen-bond donors (Lipinski definition) is 1. The van der Waals surface area contributed by atoms with E-state index in [-0.39, 0.29) is 12.0 Å². The lowest BCUT2D eigenvalue weighted by molar-refractivity contribution is -0.143. The summed E-state index contributed by atoms with van der Waals surface area (Å²) in [5.74, 6) is 1.37. The summed E-state index contributed by atoms with van der Waals surface area (Å²) in [7, 11) is 1.65. The summed E-state index contributed by atoms with van der Waals surface area (Å²) in [4.78, 5) is 12.9. The van der Waals surface area contributed by atoms with Crippen molar-refractivity contribution < 1.29 is 14.3 Å². The summed E-state index contributed by atoms with van der Waals surface area (Å²) in [5, 5.41) is 3.07. The van der Waals surface area contributed by atoms with Crippen molar-refractivity contribution in [2.24, 2.45) is 5.92 Å². The van der Waals surface area contributed by atoms with Crippen LogP contribution in [0.4, 0.5) is 5.69 Å². The molecule has 0 bridgehead atoms. The van der Waals surface area contributed by atoms with E-state index in [4.69, 9.17) is 9.47 Å². The molecule has 1 saturated carbocycles. The molecule has 2 rings (SSSR count). The highest BCUT2D eigenvalue weighted by Gasteiger charge is 2.42. The molecule has 0 radical (unpaired) electrons. The first-order valence-electron chi connectivity index (χ1n) is 8.92. The lowest BCUT2D eigenvalue weighted by Gasteiger charge is -2.37. The van der Waals surface area contributed by atoms with Crippen LogP contribution >= 0.6 is 0 Å². The molecular weight excluding hydrogens is 302 g/mol. The first-order valence-corrected chi connectivity index (χ1v) is 8.92. The molecule has 0 heterocycles. The zero-order valence-corrected chi connectivity index (χ0v) is 15.9. The highest BCUT2D eigenvalue weighted by Crippen LogP contribution is 2.36. The van der Waals surface area contributed by atoms with Crippen LogP contribution in [0.3, 0.4) is 0 Å². The minimum Gasteiger partial charge on any atom is -0.490 e. The Labute approximate surface area is 145 Å². The van der Waals surface area contributed by atoms with Crippen molar-refractivity contribution in [2.75, 3.05) is 12.4 Å². The molecule has 0 unspecified atom stereocenters. The fraction of sp³-hybridized carbons (Fsp3) is 0.650. The number of aryl methyl sites for hydroxylation is 2. The average Bonchev–Trinajstić information content (AvgIpc) is 2.50. The van der Waals surface area contributed by atoms with Crippen LogP contribution < -0.4 is 10.1 Å². The monoisotopic (exact) mass is 333 g/mol. The summed E-state index contributed by atoms with van der Waals surface area (Å²) < 4.78 is 11.6. The van der Waals surface area contributed by atoms with Crippen molar-refractivity contribution in [2.45, 2.75) is 72.0 Å². The van der Waals surface area contributed by atoms with Crippen LogP contribution in [0.15, 0.2) is 12.1 Å². The molecule has 4 nitrogen and oxygen atoms in total. The second-order valence-electron chi connectivity index (χ2n) is 7.46. The average molecular weight is 333 g/mol. The lowest BCUT2D eigenvalue weighted by Crippen LogP contribution is -2.47. The van der Waals surface area contributed by atoms with Crippen molar-refractivity contribution >= 4 is 11.6 Å². The fourth-order valence-electron chi connectivity index (χ4n) is 3.68. The van der Waals surface area contributed by atoms with E-state index in [1.54, 1.807) is 7.11 Å². The van der Waals surface area contributed by atoms with Gasteiger partial charge in [-0.05, 0) is 76.1 Å². The maximum atomic E-state index is 12.9. The third-order valence-electron chi connectivity index (χ3n) is 4.83. The summed E-state index contributed by atoms with van der Waals surface area (Å²) in [6, 6.07) is 3.94. The van der Waals surface area contributed by atoms with Crippen LogP contribution in [0, 0.1) is 19.8 Å². The lowest BCUT2D eigenvalue weighted by atomic mass is 9.78. The largest absolute Gasteiger partial charge is 0.490 e. The zero-order chi connectivity index (χ0) is 17.9. The summed E-state index contributed by atoms with van der Waals surface area (Å²) in [6.45, 7) is 10.2. The van der Waals surface area contributed by atoms with Gasteiger partial charge in [0.2, 0.25) is 0 Å². The number of methoxy groups -OCH3 is 1. The first kappa shape index (κ1) is 18.8. The van der Waals surface area contributed by atoms with Crippen LogP contribution in [-0.2, 0) is 9.53 Å². The number of hydrogen-bond acceptors (Lipinski definition) is 3. The van der Waals surface area contributed by atoms with E-state index in [1.807, 2.05) is 39.8 Å². The van der Waals surface area contributed by atoms with Crippen molar-refractivity contribution in [3.8, 4) is 5.75 Å². The molecule has 134 valence electrons. The molecule has 2 atom stereocenters. The molecule has 1 fully saturated rings. The Morgan fingerprint density at radius 3 is 2.42 bits per heavy atom. The topological polar surface area (TPSA) is 47.6 Å². The van der Waals surface area contributed by atoms with Gasteiger partial charge in [0, 0.05) is 12.8 Å². The molecule has 0 aromatic heterocycles. The Bertz CT molecular complexity index is 574. The van der Waals surface area contributed by atoms with Crippen molar-refractivity contribution in [1.82, 2.24) is 0 Å². The van der Waals surface area contributed by atoms with Gasteiger partial charge in [-0.15, -0.1) is 0 Å². The van der Waals surface area contributed by atoms with Crippen LogP contribution in [-0.4, -0.2) is 24.7 Å². The van der Waals surface area contributed by atoms with E-state index < -0.39 is 5.60 Å². The highest BCUT2D eigenvalue weighted by molar-refractivity contribution is 5.97. The highest BCUT2D eigenvalue weighted by atomic mass is 16.5. The molecule has 1 amide bonds. The number of nitrogens with one attached hydrogen (secondary N) is 1. The molecule has 1 aromatic carbocycles. The van der Waals surface area contributed by atoms with Gasteiger partial charge in [-0.3, -0.25) is 4.79 Å². The summed E-state index contributed by atoms with van der Waals surface area (Å²) in [6.07, 6.45) is 3.89. The third-order valence-corrected chi connectivity index (χ3v) is 4.83. The molecule has 1 aliphatic carbocycles. The van der Waals surface area contributed by atoms with Gasteiger partial charge in [-0.1, -0.05) is 13.3 Å². The van der Waals surface area contributed by atoms with E-state index in [2.05, 4.69) is 12.2 Å². The van der Waals surface area contributed by atoms with Gasteiger partial charge < -0.3 is 14.8 Å². The van der Waals surface area contributed by atoms with E-state index in [0.717, 1.165) is 48.2 Å². The Balaban J connectivity index is 2.19.